The molecule has 0 aliphatic carbocycles. The SMILES string of the molecule is Cc1nn2c(-c3cc(=O)[nH]c4cc(-c5ccn(C)n5)ccc34)cnc2cc1-c1ccc(N2CCNCC2)cc1. The summed E-state index contributed by atoms with van der Waals surface area (Å²) >= 11 is 0. The van der Waals surface area contributed by atoms with Gasteiger partial charge in [-0.3, -0.25) is 9.48 Å². The Bertz CT molecular complexity index is 1890. The standard InChI is InChI=1S/C30H28N8O/c1-19-24(20-3-6-22(7-4-20)37-13-10-31-11-14-37)16-29-32-18-28(38(29)34-19)25-17-30(39)33-27-15-21(5-8-23(25)27)26-9-12-36(2)35-26/h3-9,12,15-18,31H,10-11,13-14H2,1-2H3,(H,33,39). The second kappa shape index (κ2) is 9.21. The summed E-state index contributed by atoms with van der Waals surface area (Å²) in [5, 5.41) is 13.7. The van der Waals surface area contributed by atoms with E-state index in [0.717, 1.165) is 82.1 Å². The van der Waals surface area contributed by atoms with Crippen molar-refractivity contribution in [3.63, 3.8) is 0 Å². The molecule has 39 heavy (non-hydrogen) atoms. The van der Waals surface area contributed by atoms with Crippen molar-refractivity contribution >= 4 is 22.2 Å². The van der Waals surface area contributed by atoms with E-state index in [1.807, 2.05) is 48.9 Å². The molecule has 9 heteroatoms. The molecule has 194 valence electrons. The Hall–Kier alpha value is -4.76. The fourth-order valence-electron chi connectivity index (χ4n) is 5.45. The van der Waals surface area contributed by atoms with E-state index in [9.17, 15) is 4.79 Å². The van der Waals surface area contributed by atoms with Gasteiger partial charge in [0.05, 0.1) is 23.3 Å². The Morgan fingerprint density at radius 3 is 2.44 bits per heavy atom. The monoisotopic (exact) mass is 516 g/mol. The number of H-pyrrole nitrogens is 1. The number of nitrogens with zero attached hydrogens (tertiary/aromatic N) is 6. The molecule has 0 spiro atoms. The van der Waals surface area contributed by atoms with Gasteiger partial charge in [-0.25, -0.2) is 9.50 Å². The van der Waals surface area contributed by atoms with Crippen LogP contribution in [0.2, 0.25) is 0 Å². The number of hydrogen-bond acceptors (Lipinski definition) is 6. The molecule has 7 rings (SSSR count). The zero-order valence-electron chi connectivity index (χ0n) is 21.8. The molecule has 1 aliphatic rings. The molecule has 2 aromatic carbocycles. The van der Waals surface area contributed by atoms with Gasteiger partial charge in [0.2, 0.25) is 5.56 Å². The van der Waals surface area contributed by atoms with Crippen molar-refractivity contribution in [1.29, 1.82) is 0 Å². The number of anilines is 1. The van der Waals surface area contributed by atoms with Gasteiger partial charge in [0.15, 0.2) is 5.65 Å². The Morgan fingerprint density at radius 2 is 1.67 bits per heavy atom. The summed E-state index contributed by atoms with van der Waals surface area (Å²) in [4.78, 5) is 22.8. The van der Waals surface area contributed by atoms with Crippen molar-refractivity contribution in [3.8, 4) is 33.6 Å². The van der Waals surface area contributed by atoms with Gasteiger partial charge in [-0.2, -0.15) is 10.2 Å². The fraction of sp³-hybridized carbons (Fsp3) is 0.200. The minimum atomic E-state index is -0.177. The van der Waals surface area contributed by atoms with Crippen LogP contribution in [0.1, 0.15) is 5.69 Å². The largest absolute Gasteiger partial charge is 0.369 e. The molecule has 1 aliphatic heterocycles. The van der Waals surface area contributed by atoms with Crippen molar-refractivity contribution < 1.29 is 0 Å². The number of aromatic nitrogens is 6. The number of rotatable bonds is 4. The van der Waals surface area contributed by atoms with E-state index in [1.54, 1.807) is 16.9 Å². The van der Waals surface area contributed by atoms with Crippen molar-refractivity contribution in [3.05, 3.63) is 89.1 Å². The first-order valence-corrected chi connectivity index (χ1v) is 13.1. The first-order chi connectivity index (χ1) is 19.0. The minimum absolute atomic E-state index is 0.177. The van der Waals surface area contributed by atoms with E-state index in [-0.39, 0.29) is 5.56 Å². The minimum Gasteiger partial charge on any atom is -0.369 e. The van der Waals surface area contributed by atoms with Crippen molar-refractivity contribution in [2.45, 2.75) is 6.92 Å². The molecule has 0 radical (unpaired) electrons. The van der Waals surface area contributed by atoms with Gasteiger partial charge in [0.25, 0.3) is 0 Å². The molecule has 9 nitrogen and oxygen atoms in total. The quantitative estimate of drug-likeness (QED) is 0.367. The second-order valence-electron chi connectivity index (χ2n) is 10.0. The maximum Gasteiger partial charge on any atom is 0.249 e. The molecular weight excluding hydrogens is 488 g/mol. The maximum atomic E-state index is 12.7. The zero-order chi connectivity index (χ0) is 26.5. The van der Waals surface area contributed by atoms with Crippen molar-refractivity contribution in [2.75, 3.05) is 31.1 Å². The van der Waals surface area contributed by atoms with E-state index in [1.165, 1.54) is 5.69 Å². The summed E-state index contributed by atoms with van der Waals surface area (Å²) in [5.74, 6) is 0. The summed E-state index contributed by atoms with van der Waals surface area (Å²) in [6.07, 6.45) is 3.69. The molecule has 2 N–H and O–H groups in total. The topological polar surface area (TPSA) is 96.1 Å². The number of nitrogens with one attached hydrogen (secondary N) is 2. The Kier molecular flexibility index (Phi) is 5.52. The van der Waals surface area contributed by atoms with Crippen LogP contribution in [-0.4, -0.2) is 55.5 Å². The third-order valence-corrected chi connectivity index (χ3v) is 7.47. The molecule has 0 unspecified atom stereocenters. The number of aromatic amines is 1. The lowest BCUT2D eigenvalue weighted by Crippen LogP contribution is -2.43. The van der Waals surface area contributed by atoms with E-state index >= 15 is 0 Å². The molecule has 1 saturated heterocycles. The third-order valence-electron chi connectivity index (χ3n) is 7.47. The lowest BCUT2D eigenvalue weighted by atomic mass is 10.0. The predicted molar refractivity (Wildman–Crippen MR) is 154 cm³/mol. The highest BCUT2D eigenvalue weighted by atomic mass is 16.1. The van der Waals surface area contributed by atoms with Crippen LogP contribution in [0.15, 0.2) is 77.9 Å². The first-order valence-electron chi connectivity index (χ1n) is 13.1. The van der Waals surface area contributed by atoms with Gasteiger partial charge in [0, 0.05) is 78.8 Å². The molecule has 0 bridgehead atoms. The molecule has 5 heterocycles. The number of imidazole rings is 1. The summed E-state index contributed by atoms with van der Waals surface area (Å²) in [7, 11) is 1.89. The van der Waals surface area contributed by atoms with Crippen molar-refractivity contribution in [1.82, 2.24) is 34.7 Å². The zero-order valence-corrected chi connectivity index (χ0v) is 21.8. The average molecular weight is 517 g/mol. The lowest BCUT2D eigenvalue weighted by Gasteiger charge is -2.29. The number of piperazine rings is 1. The van der Waals surface area contributed by atoms with Crippen molar-refractivity contribution in [2.24, 2.45) is 7.05 Å². The van der Waals surface area contributed by atoms with Crippen LogP contribution in [0.25, 0.3) is 50.2 Å². The summed E-state index contributed by atoms with van der Waals surface area (Å²) in [6, 6.07) is 20.3. The maximum absolute atomic E-state index is 12.7. The Balaban J connectivity index is 1.28. The fourth-order valence-corrected chi connectivity index (χ4v) is 5.45. The van der Waals surface area contributed by atoms with Crippen LogP contribution in [0, 0.1) is 6.92 Å². The molecule has 1 fully saturated rings. The molecule has 0 atom stereocenters. The number of benzene rings is 2. The average Bonchev–Trinajstić information content (AvgIpc) is 3.58. The number of hydrogen-bond donors (Lipinski definition) is 2. The van der Waals surface area contributed by atoms with Gasteiger partial charge in [0.1, 0.15) is 0 Å². The smallest absolute Gasteiger partial charge is 0.249 e. The van der Waals surface area contributed by atoms with Crippen LogP contribution in [0.5, 0.6) is 0 Å². The number of fused-ring (bicyclic) bond motifs is 2. The summed E-state index contributed by atoms with van der Waals surface area (Å²) in [5.41, 5.74) is 8.93. The molecule has 6 aromatic rings. The van der Waals surface area contributed by atoms with Crippen LogP contribution in [-0.2, 0) is 7.05 Å². The van der Waals surface area contributed by atoms with Gasteiger partial charge < -0.3 is 15.2 Å². The van der Waals surface area contributed by atoms with Gasteiger partial charge in [-0.05, 0) is 42.8 Å². The first kappa shape index (κ1) is 23.4. The lowest BCUT2D eigenvalue weighted by molar-refractivity contribution is 0.589. The number of pyridine rings is 1. The van der Waals surface area contributed by atoms with E-state index in [2.05, 4.69) is 55.6 Å². The third kappa shape index (κ3) is 4.17. The van der Waals surface area contributed by atoms with E-state index in [0.29, 0.717) is 0 Å². The molecule has 0 saturated carbocycles. The highest BCUT2D eigenvalue weighted by molar-refractivity contribution is 5.95. The molecule has 0 amide bonds. The Labute approximate surface area is 224 Å². The Morgan fingerprint density at radius 1 is 0.872 bits per heavy atom. The summed E-state index contributed by atoms with van der Waals surface area (Å²) in [6.45, 7) is 6.07. The van der Waals surface area contributed by atoms with Gasteiger partial charge >= 0.3 is 0 Å². The van der Waals surface area contributed by atoms with Crippen LogP contribution >= 0.6 is 0 Å². The molecule has 4 aromatic heterocycles. The highest BCUT2D eigenvalue weighted by Crippen LogP contribution is 2.32. The van der Waals surface area contributed by atoms with Gasteiger partial charge in [-0.15, -0.1) is 0 Å². The van der Waals surface area contributed by atoms with Crippen LogP contribution in [0.3, 0.4) is 0 Å². The predicted octanol–water partition coefficient (Wildman–Crippen LogP) is 4.02. The van der Waals surface area contributed by atoms with Crippen LogP contribution < -0.4 is 15.8 Å². The van der Waals surface area contributed by atoms with Crippen LogP contribution in [0.4, 0.5) is 5.69 Å². The summed E-state index contributed by atoms with van der Waals surface area (Å²) < 4.78 is 3.59. The van der Waals surface area contributed by atoms with E-state index in [4.69, 9.17) is 5.10 Å². The second-order valence-corrected chi connectivity index (χ2v) is 10.0. The molecular formula is C30H28N8O. The van der Waals surface area contributed by atoms with Gasteiger partial charge in [-0.1, -0.05) is 24.3 Å². The number of aryl methyl sites for hydroxylation is 2. The van der Waals surface area contributed by atoms with E-state index < -0.39 is 0 Å². The normalized spacial score (nSPS) is 13.9. The highest BCUT2D eigenvalue weighted by Gasteiger charge is 2.16.